The van der Waals surface area contributed by atoms with Crippen molar-refractivity contribution in [2.45, 2.75) is 139 Å². The Morgan fingerprint density at radius 3 is 1.79 bits per heavy atom. The molecular formula is C41H66O. The van der Waals surface area contributed by atoms with Crippen LogP contribution in [0.1, 0.15) is 133 Å². The lowest BCUT2D eigenvalue weighted by molar-refractivity contribution is 0.0255. The monoisotopic (exact) mass is 575 g/mol. The van der Waals surface area contributed by atoms with Gasteiger partial charge in [-0.3, -0.25) is 0 Å². The van der Waals surface area contributed by atoms with E-state index in [9.17, 15) is 0 Å². The van der Waals surface area contributed by atoms with Gasteiger partial charge in [0.1, 0.15) is 0 Å². The Hall–Kier alpha value is -2.38. The minimum Gasteiger partial charge on any atom is -0.378 e. The Labute approximate surface area is 262 Å². The van der Waals surface area contributed by atoms with E-state index in [1.807, 2.05) is 0 Å². The van der Waals surface area contributed by atoms with E-state index in [1.165, 1.54) is 79.2 Å². The Bertz CT molecular complexity index is 1010. The van der Waals surface area contributed by atoms with Gasteiger partial charge in [-0.1, -0.05) is 120 Å². The molecule has 0 saturated carbocycles. The first-order valence-corrected chi connectivity index (χ1v) is 16.4. The molecule has 0 aromatic heterocycles. The van der Waals surface area contributed by atoms with Crippen LogP contribution in [0.25, 0.3) is 0 Å². The standard InChI is InChI=1S/C41H66O/c1-34(2)20-14-23-37(5)26-17-29-38(6)27-15-24-35(3)21-12-13-22-36(4)25-16-28-39(7)30-18-31-40(8)32-19-33-41(9,10)42-11/h16,18-20,22,25-28,30-32,35H,12-15,17,21,23-24,29,33H2,1-11H3/b25-16+,30-18+,32-19+,36-22+,37-26-,38-27+,39-28+,40-31+. The summed E-state index contributed by atoms with van der Waals surface area (Å²) in [4.78, 5) is 0. The van der Waals surface area contributed by atoms with Crippen LogP contribution < -0.4 is 0 Å². The van der Waals surface area contributed by atoms with E-state index in [0.717, 1.165) is 18.8 Å². The Morgan fingerprint density at radius 1 is 0.643 bits per heavy atom. The van der Waals surface area contributed by atoms with Crippen molar-refractivity contribution in [2.75, 3.05) is 7.11 Å². The van der Waals surface area contributed by atoms with Crippen molar-refractivity contribution >= 4 is 0 Å². The molecule has 1 heteroatoms. The van der Waals surface area contributed by atoms with Gasteiger partial charge < -0.3 is 4.74 Å². The number of ether oxygens (including phenoxy) is 1. The summed E-state index contributed by atoms with van der Waals surface area (Å²) in [5.74, 6) is 0.790. The van der Waals surface area contributed by atoms with Crippen LogP contribution >= 0.6 is 0 Å². The van der Waals surface area contributed by atoms with Crippen LogP contribution in [0.2, 0.25) is 0 Å². The average molecular weight is 575 g/mol. The smallest absolute Gasteiger partial charge is 0.0657 e. The largest absolute Gasteiger partial charge is 0.378 e. The van der Waals surface area contributed by atoms with E-state index in [2.05, 4.69) is 142 Å². The van der Waals surface area contributed by atoms with Gasteiger partial charge in [-0.2, -0.15) is 0 Å². The molecule has 0 fully saturated rings. The van der Waals surface area contributed by atoms with E-state index >= 15 is 0 Å². The molecule has 0 aliphatic carbocycles. The van der Waals surface area contributed by atoms with Gasteiger partial charge in [0.15, 0.2) is 0 Å². The summed E-state index contributed by atoms with van der Waals surface area (Å²) in [5, 5.41) is 0. The van der Waals surface area contributed by atoms with Gasteiger partial charge in [0.05, 0.1) is 5.60 Å². The summed E-state index contributed by atoms with van der Waals surface area (Å²) in [6.07, 6.45) is 38.8. The summed E-state index contributed by atoms with van der Waals surface area (Å²) >= 11 is 0. The van der Waals surface area contributed by atoms with Gasteiger partial charge in [0.2, 0.25) is 0 Å². The van der Waals surface area contributed by atoms with Gasteiger partial charge in [-0.15, -0.1) is 0 Å². The van der Waals surface area contributed by atoms with E-state index in [4.69, 9.17) is 4.74 Å². The van der Waals surface area contributed by atoms with Crippen LogP contribution in [-0.4, -0.2) is 12.7 Å². The first-order valence-electron chi connectivity index (χ1n) is 16.4. The summed E-state index contributed by atoms with van der Waals surface area (Å²) in [5.41, 5.74) is 8.21. The van der Waals surface area contributed by atoms with Crippen molar-refractivity contribution in [2.24, 2.45) is 5.92 Å². The molecule has 0 rings (SSSR count). The third kappa shape index (κ3) is 25.3. The lowest BCUT2D eigenvalue weighted by atomic mass is 9.97. The molecule has 0 heterocycles. The molecule has 0 radical (unpaired) electrons. The topological polar surface area (TPSA) is 9.23 Å². The molecule has 1 unspecified atom stereocenters. The quantitative estimate of drug-likeness (QED) is 0.0752. The first-order chi connectivity index (χ1) is 19.8. The molecule has 0 N–H and O–H groups in total. The molecular weight excluding hydrogens is 508 g/mol. The highest BCUT2D eigenvalue weighted by Crippen LogP contribution is 2.18. The third-order valence-electron chi connectivity index (χ3n) is 7.62. The molecule has 0 aliphatic rings. The fraction of sp³-hybridized carbons (Fsp3) is 0.561. The third-order valence-corrected chi connectivity index (χ3v) is 7.62. The van der Waals surface area contributed by atoms with Crippen LogP contribution in [0.3, 0.4) is 0 Å². The predicted octanol–water partition coefficient (Wildman–Crippen LogP) is 13.3. The van der Waals surface area contributed by atoms with Gasteiger partial charge in [-0.25, -0.2) is 0 Å². The number of hydrogen-bond acceptors (Lipinski definition) is 1. The fourth-order valence-corrected chi connectivity index (χ4v) is 4.39. The first kappa shape index (κ1) is 39.6. The lowest BCUT2D eigenvalue weighted by Crippen LogP contribution is -2.20. The highest BCUT2D eigenvalue weighted by molar-refractivity contribution is 5.30. The van der Waals surface area contributed by atoms with Crippen LogP contribution in [0, 0.1) is 5.92 Å². The van der Waals surface area contributed by atoms with E-state index < -0.39 is 0 Å². The summed E-state index contributed by atoms with van der Waals surface area (Å²) < 4.78 is 5.46. The molecule has 236 valence electrons. The summed E-state index contributed by atoms with van der Waals surface area (Å²) in [7, 11) is 1.76. The molecule has 0 aromatic carbocycles. The van der Waals surface area contributed by atoms with E-state index in [-0.39, 0.29) is 5.60 Å². The van der Waals surface area contributed by atoms with Crippen molar-refractivity contribution in [3.8, 4) is 0 Å². The predicted molar refractivity (Wildman–Crippen MR) is 192 cm³/mol. The minimum atomic E-state index is -0.108. The van der Waals surface area contributed by atoms with Gasteiger partial charge in [-0.05, 0) is 126 Å². The molecule has 0 aromatic rings. The van der Waals surface area contributed by atoms with Crippen molar-refractivity contribution in [3.05, 3.63) is 106 Å². The fourth-order valence-electron chi connectivity index (χ4n) is 4.39. The molecule has 42 heavy (non-hydrogen) atoms. The second-order valence-electron chi connectivity index (χ2n) is 13.1. The Morgan fingerprint density at radius 2 is 1.19 bits per heavy atom. The van der Waals surface area contributed by atoms with Gasteiger partial charge in [0, 0.05) is 7.11 Å². The number of allylic oxidation sites excluding steroid dienone is 17. The molecule has 0 saturated heterocycles. The number of methoxy groups -OCH3 is 1. The zero-order valence-electron chi connectivity index (χ0n) is 29.5. The molecule has 0 aliphatic heterocycles. The molecule has 1 atom stereocenters. The minimum absolute atomic E-state index is 0.108. The molecule has 0 spiro atoms. The lowest BCUT2D eigenvalue weighted by Gasteiger charge is -2.20. The maximum atomic E-state index is 5.46. The number of unbranched alkanes of at least 4 members (excludes halogenated alkanes) is 1. The Kier molecular flexibility index (Phi) is 22.7. The van der Waals surface area contributed by atoms with Crippen molar-refractivity contribution in [1.82, 2.24) is 0 Å². The van der Waals surface area contributed by atoms with Crippen LogP contribution in [0.15, 0.2) is 106 Å². The average Bonchev–Trinajstić information content (AvgIpc) is 2.91. The highest BCUT2D eigenvalue weighted by Gasteiger charge is 2.12. The second-order valence-corrected chi connectivity index (χ2v) is 13.1. The van der Waals surface area contributed by atoms with Crippen LogP contribution in [0.5, 0.6) is 0 Å². The van der Waals surface area contributed by atoms with E-state index in [0.29, 0.717) is 0 Å². The second kappa shape index (κ2) is 24.1. The highest BCUT2D eigenvalue weighted by atomic mass is 16.5. The SMILES string of the molecule is COC(C)(C)C/C=C/C(C)=C/C=C/C(C)=C/C=C/C(C)=C/CCCC(C)CC/C=C(\C)CC/C=C(/C)CCC=C(C)C. The van der Waals surface area contributed by atoms with Crippen LogP contribution in [-0.2, 0) is 4.74 Å². The van der Waals surface area contributed by atoms with Crippen molar-refractivity contribution in [1.29, 1.82) is 0 Å². The maximum Gasteiger partial charge on any atom is 0.0657 e. The van der Waals surface area contributed by atoms with Gasteiger partial charge >= 0.3 is 0 Å². The zero-order valence-corrected chi connectivity index (χ0v) is 29.5. The number of rotatable bonds is 21. The maximum absolute atomic E-state index is 5.46. The Balaban J connectivity index is 4.30. The van der Waals surface area contributed by atoms with Crippen LogP contribution in [0.4, 0.5) is 0 Å². The normalized spacial score (nSPS) is 15.5. The molecule has 1 nitrogen and oxygen atoms in total. The molecule has 0 bridgehead atoms. The van der Waals surface area contributed by atoms with Crippen molar-refractivity contribution in [3.63, 3.8) is 0 Å². The number of hydrogen-bond donors (Lipinski definition) is 0. The van der Waals surface area contributed by atoms with Crippen molar-refractivity contribution < 1.29 is 4.74 Å². The zero-order chi connectivity index (χ0) is 31.8. The summed E-state index contributed by atoms with van der Waals surface area (Å²) in [6, 6.07) is 0. The van der Waals surface area contributed by atoms with E-state index in [1.54, 1.807) is 12.7 Å². The molecule has 0 amide bonds. The summed E-state index contributed by atoms with van der Waals surface area (Å²) in [6.45, 7) is 22.0. The van der Waals surface area contributed by atoms with Gasteiger partial charge in [0.25, 0.3) is 0 Å².